The minimum absolute atomic E-state index is 0.789. The van der Waals surface area contributed by atoms with Crippen molar-refractivity contribution in [2.45, 2.75) is 33.2 Å². The van der Waals surface area contributed by atoms with Crippen LogP contribution < -0.4 is 0 Å². The van der Waals surface area contributed by atoms with Gasteiger partial charge in [0.05, 0.1) is 12.3 Å². The summed E-state index contributed by atoms with van der Waals surface area (Å²) in [6.07, 6.45) is 2.02. The van der Waals surface area contributed by atoms with Crippen LogP contribution in [0.4, 0.5) is 0 Å². The van der Waals surface area contributed by atoms with Crippen LogP contribution in [0, 0.1) is 13.8 Å². The van der Waals surface area contributed by atoms with Gasteiger partial charge in [-0.3, -0.25) is 0 Å². The molecule has 0 N–H and O–H groups in total. The number of aromatic nitrogens is 1. The lowest BCUT2D eigenvalue weighted by Crippen LogP contribution is -2.21. The average molecular weight is 302 g/mol. The van der Waals surface area contributed by atoms with Crippen LogP contribution >= 0.6 is 0 Å². The Kier molecular flexibility index (Phi) is 6.62. The maximum atomic E-state index is 5.71. The molecule has 0 aliphatic rings. The molecule has 0 unspecified atom stereocenters. The lowest BCUT2D eigenvalue weighted by molar-refractivity contribution is 0.125. The highest BCUT2D eigenvalue weighted by Gasteiger charge is 2.10. The molecular formula is C18H26N2O2. The Balaban J connectivity index is 1.57. The minimum Gasteiger partial charge on any atom is -0.381 e. The van der Waals surface area contributed by atoms with Gasteiger partial charge < -0.3 is 14.2 Å². The van der Waals surface area contributed by atoms with Crippen LogP contribution in [-0.4, -0.2) is 36.9 Å². The minimum atomic E-state index is 0.789. The van der Waals surface area contributed by atoms with Gasteiger partial charge in [0.2, 0.25) is 0 Å². The van der Waals surface area contributed by atoms with Gasteiger partial charge in [-0.1, -0.05) is 35.5 Å². The van der Waals surface area contributed by atoms with E-state index in [0.717, 1.165) is 50.6 Å². The SMILES string of the molecule is Cc1noc(C)c1CN(C)CCCOCCc1ccccc1. The van der Waals surface area contributed by atoms with Gasteiger partial charge in [-0.2, -0.15) is 0 Å². The zero-order valence-corrected chi connectivity index (χ0v) is 13.8. The number of hydrogen-bond donors (Lipinski definition) is 0. The Hall–Kier alpha value is -1.65. The first-order valence-corrected chi connectivity index (χ1v) is 7.89. The molecule has 0 saturated carbocycles. The molecule has 2 aromatic rings. The molecule has 0 saturated heterocycles. The van der Waals surface area contributed by atoms with Crippen molar-refractivity contribution < 1.29 is 9.26 Å². The molecule has 4 nitrogen and oxygen atoms in total. The molecule has 0 aliphatic heterocycles. The number of ether oxygens (including phenoxy) is 1. The molecule has 0 fully saturated rings. The molecule has 120 valence electrons. The van der Waals surface area contributed by atoms with Crippen molar-refractivity contribution in [3.63, 3.8) is 0 Å². The third kappa shape index (κ3) is 5.28. The number of nitrogens with zero attached hydrogens (tertiary/aromatic N) is 2. The third-order valence-corrected chi connectivity index (χ3v) is 3.82. The summed E-state index contributed by atoms with van der Waals surface area (Å²) in [6.45, 7) is 7.44. The number of aryl methyl sites for hydroxylation is 2. The fourth-order valence-corrected chi connectivity index (χ4v) is 2.45. The van der Waals surface area contributed by atoms with Crippen LogP contribution in [-0.2, 0) is 17.7 Å². The summed E-state index contributed by atoms with van der Waals surface area (Å²) >= 11 is 0. The number of hydrogen-bond acceptors (Lipinski definition) is 4. The Morgan fingerprint density at radius 1 is 1.14 bits per heavy atom. The van der Waals surface area contributed by atoms with E-state index < -0.39 is 0 Å². The van der Waals surface area contributed by atoms with Crippen molar-refractivity contribution in [1.82, 2.24) is 10.1 Å². The smallest absolute Gasteiger partial charge is 0.138 e. The van der Waals surface area contributed by atoms with Crippen LogP contribution in [0.2, 0.25) is 0 Å². The maximum Gasteiger partial charge on any atom is 0.138 e. The van der Waals surface area contributed by atoms with Gasteiger partial charge in [-0.15, -0.1) is 0 Å². The molecule has 1 aromatic heterocycles. The lowest BCUT2D eigenvalue weighted by Gasteiger charge is -2.16. The summed E-state index contributed by atoms with van der Waals surface area (Å²) in [6, 6.07) is 10.5. The van der Waals surface area contributed by atoms with Crippen molar-refractivity contribution in [2.24, 2.45) is 0 Å². The topological polar surface area (TPSA) is 38.5 Å². The lowest BCUT2D eigenvalue weighted by atomic mass is 10.2. The summed E-state index contributed by atoms with van der Waals surface area (Å²) < 4.78 is 10.9. The van der Waals surface area contributed by atoms with Crippen molar-refractivity contribution in [3.8, 4) is 0 Å². The fraction of sp³-hybridized carbons (Fsp3) is 0.500. The highest BCUT2D eigenvalue weighted by atomic mass is 16.5. The summed E-state index contributed by atoms with van der Waals surface area (Å²) in [5.41, 5.74) is 3.52. The molecule has 1 heterocycles. The highest BCUT2D eigenvalue weighted by molar-refractivity contribution is 5.20. The van der Waals surface area contributed by atoms with Crippen LogP contribution in [0.3, 0.4) is 0 Å². The van der Waals surface area contributed by atoms with Crippen LogP contribution in [0.1, 0.15) is 29.0 Å². The first-order chi connectivity index (χ1) is 10.7. The summed E-state index contributed by atoms with van der Waals surface area (Å²) in [4.78, 5) is 2.28. The van der Waals surface area contributed by atoms with Gasteiger partial charge in [0.1, 0.15) is 5.76 Å². The maximum absolute atomic E-state index is 5.71. The van der Waals surface area contributed by atoms with Gasteiger partial charge >= 0.3 is 0 Å². The van der Waals surface area contributed by atoms with Gasteiger partial charge in [-0.25, -0.2) is 0 Å². The molecule has 0 bridgehead atoms. The summed E-state index contributed by atoms with van der Waals surface area (Å²) in [5, 5.41) is 3.99. The van der Waals surface area contributed by atoms with E-state index in [0.29, 0.717) is 0 Å². The van der Waals surface area contributed by atoms with E-state index in [1.54, 1.807) is 0 Å². The van der Waals surface area contributed by atoms with Gasteiger partial charge in [0, 0.05) is 25.3 Å². The van der Waals surface area contributed by atoms with Crippen LogP contribution in [0.5, 0.6) is 0 Å². The predicted molar refractivity (Wildman–Crippen MR) is 87.9 cm³/mol. The molecule has 0 aliphatic carbocycles. The van der Waals surface area contributed by atoms with Crippen LogP contribution in [0.25, 0.3) is 0 Å². The zero-order valence-electron chi connectivity index (χ0n) is 13.8. The predicted octanol–water partition coefficient (Wildman–Crippen LogP) is 3.37. The molecule has 4 heteroatoms. The second-order valence-electron chi connectivity index (χ2n) is 5.74. The Morgan fingerprint density at radius 2 is 1.91 bits per heavy atom. The van der Waals surface area contributed by atoms with E-state index in [4.69, 9.17) is 9.26 Å². The summed E-state index contributed by atoms with van der Waals surface area (Å²) in [7, 11) is 2.12. The van der Waals surface area contributed by atoms with Gasteiger partial charge in [-0.05, 0) is 39.3 Å². The van der Waals surface area contributed by atoms with Gasteiger partial charge in [0.15, 0.2) is 0 Å². The standard InChI is InChI=1S/C18H26N2O2/c1-15-18(16(2)22-19-15)14-20(3)11-7-12-21-13-10-17-8-5-4-6-9-17/h4-6,8-9H,7,10-14H2,1-3H3. The Labute approximate surface area is 133 Å². The molecule has 2 rings (SSSR count). The molecule has 0 amide bonds. The van der Waals surface area contributed by atoms with E-state index in [-0.39, 0.29) is 0 Å². The van der Waals surface area contributed by atoms with Gasteiger partial charge in [0.25, 0.3) is 0 Å². The van der Waals surface area contributed by atoms with Crippen molar-refractivity contribution in [2.75, 3.05) is 26.8 Å². The molecular weight excluding hydrogens is 276 g/mol. The number of rotatable bonds is 9. The monoisotopic (exact) mass is 302 g/mol. The molecule has 1 aromatic carbocycles. The second-order valence-corrected chi connectivity index (χ2v) is 5.74. The Bertz CT molecular complexity index is 532. The van der Waals surface area contributed by atoms with E-state index in [1.165, 1.54) is 11.1 Å². The first-order valence-electron chi connectivity index (χ1n) is 7.89. The molecule has 0 spiro atoms. The highest BCUT2D eigenvalue weighted by Crippen LogP contribution is 2.14. The average Bonchev–Trinajstić information content (AvgIpc) is 2.83. The third-order valence-electron chi connectivity index (χ3n) is 3.82. The molecule has 22 heavy (non-hydrogen) atoms. The Morgan fingerprint density at radius 3 is 2.59 bits per heavy atom. The van der Waals surface area contributed by atoms with Crippen LogP contribution in [0.15, 0.2) is 34.9 Å². The molecule has 0 atom stereocenters. The fourth-order valence-electron chi connectivity index (χ4n) is 2.45. The molecule has 0 radical (unpaired) electrons. The van der Waals surface area contributed by atoms with E-state index in [2.05, 4.69) is 41.4 Å². The largest absolute Gasteiger partial charge is 0.381 e. The van der Waals surface area contributed by atoms with E-state index in [9.17, 15) is 0 Å². The first kappa shape index (κ1) is 16.7. The van der Waals surface area contributed by atoms with E-state index >= 15 is 0 Å². The summed E-state index contributed by atoms with van der Waals surface area (Å²) in [5.74, 6) is 0.920. The van der Waals surface area contributed by atoms with Crippen molar-refractivity contribution in [1.29, 1.82) is 0 Å². The normalized spacial score (nSPS) is 11.3. The second kappa shape index (κ2) is 8.71. The van der Waals surface area contributed by atoms with E-state index in [1.807, 2.05) is 19.9 Å². The van der Waals surface area contributed by atoms with Crippen molar-refractivity contribution >= 4 is 0 Å². The quantitative estimate of drug-likeness (QED) is 0.666. The zero-order chi connectivity index (χ0) is 15.8. The van der Waals surface area contributed by atoms with Crippen molar-refractivity contribution in [3.05, 3.63) is 52.9 Å². The number of benzene rings is 1.